The summed E-state index contributed by atoms with van der Waals surface area (Å²) in [5, 5.41) is 15.5. The van der Waals surface area contributed by atoms with E-state index in [1.165, 1.54) is 6.42 Å². The molecule has 0 bridgehead atoms. The highest BCUT2D eigenvalue weighted by Gasteiger charge is 2.28. The van der Waals surface area contributed by atoms with Gasteiger partial charge < -0.3 is 0 Å². The van der Waals surface area contributed by atoms with E-state index in [-0.39, 0.29) is 28.9 Å². The number of hydrogen-bond donors (Lipinski definition) is 0. The summed E-state index contributed by atoms with van der Waals surface area (Å²) < 4.78 is 1.56. The van der Waals surface area contributed by atoms with Crippen LogP contribution in [0.5, 0.6) is 0 Å². The molecular formula is C15H23N3O3. The van der Waals surface area contributed by atoms with Crippen LogP contribution in [0.2, 0.25) is 0 Å². The minimum atomic E-state index is -0.369. The molecule has 0 unspecified atom stereocenters. The Labute approximate surface area is 124 Å². The van der Waals surface area contributed by atoms with Crippen molar-refractivity contribution < 1.29 is 9.72 Å². The molecule has 0 N–H and O–H groups in total. The SMILES string of the molecule is CCc1nn(CC(=O)C2CCCCC2)c(CC)c1[N+](=O)[O-]. The third-order valence-corrected chi connectivity index (χ3v) is 4.32. The second-order valence-corrected chi connectivity index (χ2v) is 5.67. The third-order valence-electron chi connectivity index (χ3n) is 4.32. The largest absolute Gasteiger partial charge is 0.313 e. The van der Waals surface area contributed by atoms with E-state index < -0.39 is 0 Å². The molecule has 0 atom stereocenters. The number of rotatable bonds is 6. The van der Waals surface area contributed by atoms with Gasteiger partial charge in [0.25, 0.3) is 0 Å². The summed E-state index contributed by atoms with van der Waals surface area (Å²) in [5.74, 6) is 0.279. The van der Waals surface area contributed by atoms with Crippen molar-refractivity contribution in [2.75, 3.05) is 0 Å². The Morgan fingerprint density at radius 3 is 2.48 bits per heavy atom. The summed E-state index contributed by atoms with van der Waals surface area (Å²) in [6, 6.07) is 0. The number of nitro groups is 1. The van der Waals surface area contributed by atoms with Crippen molar-refractivity contribution in [1.82, 2.24) is 9.78 Å². The predicted molar refractivity (Wildman–Crippen MR) is 79.2 cm³/mol. The fraction of sp³-hybridized carbons (Fsp3) is 0.733. The Balaban J connectivity index is 2.22. The second kappa shape index (κ2) is 6.83. The van der Waals surface area contributed by atoms with Crippen molar-refractivity contribution in [1.29, 1.82) is 0 Å². The lowest BCUT2D eigenvalue weighted by Crippen LogP contribution is -2.24. The minimum absolute atomic E-state index is 0.0939. The molecule has 1 fully saturated rings. The highest BCUT2D eigenvalue weighted by atomic mass is 16.6. The summed E-state index contributed by atoms with van der Waals surface area (Å²) in [5.41, 5.74) is 1.14. The number of aromatic nitrogens is 2. The van der Waals surface area contributed by atoms with Gasteiger partial charge in [-0.1, -0.05) is 33.1 Å². The third kappa shape index (κ3) is 3.31. The Morgan fingerprint density at radius 2 is 1.95 bits per heavy atom. The first-order valence-electron chi connectivity index (χ1n) is 7.84. The number of ketones is 1. The van der Waals surface area contributed by atoms with Crippen LogP contribution in [0.3, 0.4) is 0 Å². The van der Waals surface area contributed by atoms with Gasteiger partial charge in [0.1, 0.15) is 17.9 Å². The van der Waals surface area contributed by atoms with Crippen LogP contribution >= 0.6 is 0 Å². The zero-order valence-corrected chi connectivity index (χ0v) is 12.8. The van der Waals surface area contributed by atoms with Crippen molar-refractivity contribution in [3.8, 4) is 0 Å². The number of aryl methyl sites for hydroxylation is 1. The van der Waals surface area contributed by atoms with Crippen molar-refractivity contribution >= 4 is 11.5 Å². The average Bonchev–Trinajstić information content (AvgIpc) is 2.85. The van der Waals surface area contributed by atoms with Crippen LogP contribution in [0.25, 0.3) is 0 Å². The first-order chi connectivity index (χ1) is 10.1. The van der Waals surface area contributed by atoms with E-state index in [1.54, 1.807) is 4.68 Å². The molecule has 0 radical (unpaired) electrons. The molecule has 1 saturated carbocycles. The molecule has 116 valence electrons. The Hall–Kier alpha value is -1.72. The molecule has 0 amide bonds. The molecule has 6 nitrogen and oxygen atoms in total. The van der Waals surface area contributed by atoms with Gasteiger partial charge in [-0.3, -0.25) is 19.6 Å². The maximum Gasteiger partial charge on any atom is 0.313 e. The number of carbonyl (C=O) groups is 1. The lowest BCUT2D eigenvalue weighted by molar-refractivity contribution is -0.386. The van der Waals surface area contributed by atoms with Gasteiger partial charge in [0.2, 0.25) is 0 Å². The van der Waals surface area contributed by atoms with Crippen molar-refractivity contribution in [3.63, 3.8) is 0 Å². The van der Waals surface area contributed by atoms with Gasteiger partial charge >= 0.3 is 5.69 Å². The molecule has 1 aromatic heterocycles. The smallest absolute Gasteiger partial charge is 0.297 e. The first-order valence-corrected chi connectivity index (χ1v) is 7.84. The standard InChI is InChI=1S/C15H23N3O3/c1-3-12-15(18(20)21)13(4-2)17(16-12)10-14(19)11-8-6-5-7-9-11/h11H,3-10H2,1-2H3. The molecule has 6 heteroatoms. The average molecular weight is 293 g/mol. The molecule has 0 aliphatic heterocycles. The zero-order chi connectivity index (χ0) is 15.4. The van der Waals surface area contributed by atoms with E-state index in [0.717, 1.165) is 25.7 Å². The fourth-order valence-electron chi connectivity index (χ4n) is 3.17. The van der Waals surface area contributed by atoms with Crippen molar-refractivity contribution in [2.45, 2.75) is 65.3 Å². The van der Waals surface area contributed by atoms with Crippen LogP contribution in [-0.4, -0.2) is 20.5 Å². The van der Waals surface area contributed by atoms with Gasteiger partial charge in [0.15, 0.2) is 5.78 Å². The van der Waals surface area contributed by atoms with Gasteiger partial charge in [0.05, 0.1) is 4.92 Å². The Bertz CT molecular complexity index is 531. The van der Waals surface area contributed by atoms with E-state index in [1.807, 2.05) is 13.8 Å². The van der Waals surface area contributed by atoms with Gasteiger partial charge in [-0.05, 0) is 25.7 Å². The highest BCUT2D eigenvalue weighted by molar-refractivity contribution is 5.81. The number of hydrogen-bond acceptors (Lipinski definition) is 4. The lowest BCUT2D eigenvalue weighted by Gasteiger charge is -2.20. The summed E-state index contributed by atoms with van der Waals surface area (Å²) in [6.07, 6.45) is 6.34. The summed E-state index contributed by atoms with van der Waals surface area (Å²) in [4.78, 5) is 23.2. The van der Waals surface area contributed by atoms with E-state index >= 15 is 0 Å². The monoisotopic (exact) mass is 293 g/mol. The zero-order valence-electron chi connectivity index (χ0n) is 12.8. The predicted octanol–water partition coefficient (Wildman–Crippen LogP) is 3.07. The van der Waals surface area contributed by atoms with Crippen LogP contribution in [0.1, 0.15) is 57.3 Å². The van der Waals surface area contributed by atoms with Crippen molar-refractivity contribution in [3.05, 3.63) is 21.5 Å². The number of Topliss-reactive ketones (excluding diaryl/α,β-unsaturated/α-hetero) is 1. The van der Waals surface area contributed by atoms with Crippen LogP contribution in [0.4, 0.5) is 5.69 Å². The molecule has 2 rings (SSSR count). The molecule has 1 aliphatic carbocycles. The second-order valence-electron chi connectivity index (χ2n) is 5.67. The normalized spacial score (nSPS) is 16.1. The van der Waals surface area contributed by atoms with Crippen LogP contribution in [0, 0.1) is 16.0 Å². The molecule has 1 heterocycles. The molecular weight excluding hydrogens is 270 g/mol. The molecule has 1 aliphatic rings. The van der Waals surface area contributed by atoms with E-state index in [4.69, 9.17) is 0 Å². The quantitative estimate of drug-likeness (QED) is 0.596. The number of carbonyl (C=O) groups excluding carboxylic acids is 1. The molecule has 1 aromatic rings. The summed E-state index contributed by atoms with van der Waals surface area (Å²) in [7, 11) is 0. The first kappa shape index (κ1) is 15.7. The minimum Gasteiger partial charge on any atom is -0.297 e. The highest BCUT2D eigenvalue weighted by Crippen LogP contribution is 2.27. The topological polar surface area (TPSA) is 78.0 Å². The van der Waals surface area contributed by atoms with E-state index in [0.29, 0.717) is 24.2 Å². The Kier molecular flexibility index (Phi) is 5.09. The molecule has 0 aromatic carbocycles. The van der Waals surface area contributed by atoms with Gasteiger partial charge in [-0.25, -0.2) is 0 Å². The maximum absolute atomic E-state index is 12.4. The lowest BCUT2D eigenvalue weighted by atomic mass is 9.86. The number of nitrogens with zero attached hydrogens (tertiary/aromatic N) is 3. The van der Waals surface area contributed by atoms with E-state index in [9.17, 15) is 14.9 Å². The summed E-state index contributed by atoms with van der Waals surface area (Å²) in [6.45, 7) is 3.89. The van der Waals surface area contributed by atoms with Crippen molar-refractivity contribution in [2.24, 2.45) is 5.92 Å². The molecule has 0 spiro atoms. The summed E-state index contributed by atoms with van der Waals surface area (Å²) >= 11 is 0. The van der Waals surface area contributed by atoms with Crippen LogP contribution in [-0.2, 0) is 24.2 Å². The Morgan fingerprint density at radius 1 is 1.29 bits per heavy atom. The van der Waals surface area contributed by atoms with Gasteiger partial charge in [0, 0.05) is 5.92 Å². The van der Waals surface area contributed by atoms with Gasteiger partial charge in [-0.2, -0.15) is 5.10 Å². The maximum atomic E-state index is 12.4. The molecule has 0 saturated heterocycles. The van der Waals surface area contributed by atoms with E-state index in [2.05, 4.69) is 5.10 Å². The van der Waals surface area contributed by atoms with Crippen LogP contribution in [0.15, 0.2) is 0 Å². The van der Waals surface area contributed by atoms with Gasteiger partial charge in [-0.15, -0.1) is 0 Å². The fourth-order valence-corrected chi connectivity index (χ4v) is 3.17. The molecule has 21 heavy (non-hydrogen) atoms. The van der Waals surface area contributed by atoms with Crippen LogP contribution < -0.4 is 0 Å².